The molecule has 3 nitrogen and oxygen atoms in total. The normalized spacial score (nSPS) is 20.6. The average Bonchev–Trinajstić information content (AvgIpc) is 3.51. The molecule has 2 heterocycles. The molecule has 0 bridgehead atoms. The first-order valence-electron chi connectivity index (χ1n) is 15.3. The molecule has 0 saturated carbocycles. The van der Waals surface area contributed by atoms with E-state index in [-0.39, 0.29) is 0 Å². The zero-order chi connectivity index (χ0) is 26.1. The van der Waals surface area contributed by atoms with Crippen LogP contribution in [0.25, 0.3) is 10.8 Å². The van der Waals surface area contributed by atoms with Crippen LogP contribution in [0.2, 0.25) is 10.5 Å². The van der Waals surface area contributed by atoms with Gasteiger partial charge < -0.3 is 0 Å². The molecule has 0 spiro atoms. The summed E-state index contributed by atoms with van der Waals surface area (Å²) in [5.41, 5.74) is 1.42. The number of unbranched alkanes of at least 4 members (excludes halogenated alkanes) is 6. The molecular formula is C32H51GeN3S. The molecule has 0 radical (unpaired) electrons. The molecule has 204 valence electrons. The Balaban J connectivity index is 1.44. The fourth-order valence-corrected chi connectivity index (χ4v) is 25.8. The van der Waals surface area contributed by atoms with Gasteiger partial charge in [-0.1, -0.05) is 0 Å². The second kappa shape index (κ2) is 14.4. The van der Waals surface area contributed by atoms with Gasteiger partial charge >= 0.3 is 234 Å². The molecule has 0 amide bonds. The Labute approximate surface area is 233 Å². The summed E-state index contributed by atoms with van der Waals surface area (Å²) in [5.74, 6) is 1.66. The van der Waals surface area contributed by atoms with Crippen LogP contribution in [0.1, 0.15) is 90.5 Å². The van der Waals surface area contributed by atoms with Crippen molar-refractivity contribution in [1.29, 1.82) is 0 Å². The topological polar surface area (TPSA) is 18.8 Å². The van der Waals surface area contributed by atoms with Crippen LogP contribution in [0, 0.1) is 0 Å². The Hall–Kier alpha value is -0.977. The van der Waals surface area contributed by atoms with E-state index in [4.69, 9.17) is 4.99 Å². The minimum absolute atomic E-state index is 0.342. The van der Waals surface area contributed by atoms with Crippen molar-refractivity contribution in [2.75, 3.05) is 32.7 Å². The van der Waals surface area contributed by atoms with Gasteiger partial charge in [-0.25, -0.2) is 0 Å². The van der Waals surface area contributed by atoms with E-state index in [2.05, 4.69) is 89.0 Å². The van der Waals surface area contributed by atoms with Crippen LogP contribution in [-0.2, 0) is 0 Å². The first-order valence-corrected chi connectivity index (χ1v) is 22.6. The second-order valence-electron chi connectivity index (χ2n) is 11.5. The number of nitrogens with zero attached hydrogens (tertiary/aromatic N) is 3. The molecule has 1 fully saturated rings. The maximum absolute atomic E-state index is 5.07. The fraction of sp³-hybridized carbons (Fsp3) is 0.656. The summed E-state index contributed by atoms with van der Waals surface area (Å²) >= 11 is -2.10. The van der Waals surface area contributed by atoms with Gasteiger partial charge in [0.15, 0.2) is 0 Å². The Morgan fingerprint density at radius 2 is 1.62 bits per heavy atom. The minimum atomic E-state index is -2.10. The third-order valence-electron chi connectivity index (χ3n) is 8.60. The first-order chi connectivity index (χ1) is 18.1. The monoisotopic (exact) mass is 583 g/mol. The standard InChI is InChI=1S/C32H51GeN3S/c1-5-7-9-13-20-33(21-14-10-8-6-2)36(26-27(3)37-33)25-24-35-23-22-34-32(35)28(4)30-19-15-17-29-16-11-12-18-31(29)30/h11-12,15-19,27-28H,5-10,13-14,20-26H2,1-4H3. The Bertz CT molecular complexity index is 991. The molecule has 0 N–H and O–H groups in total. The van der Waals surface area contributed by atoms with Crippen molar-refractivity contribution in [3.63, 3.8) is 0 Å². The summed E-state index contributed by atoms with van der Waals surface area (Å²) in [6.07, 6.45) is 11.3. The molecule has 2 aliphatic heterocycles. The van der Waals surface area contributed by atoms with Crippen molar-refractivity contribution in [3.05, 3.63) is 48.0 Å². The van der Waals surface area contributed by atoms with Crippen molar-refractivity contribution in [1.82, 2.24) is 8.76 Å². The van der Waals surface area contributed by atoms with Crippen molar-refractivity contribution in [2.45, 2.75) is 101 Å². The van der Waals surface area contributed by atoms with E-state index in [1.807, 2.05) is 0 Å². The zero-order valence-corrected chi connectivity index (χ0v) is 27.0. The van der Waals surface area contributed by atoms with Crippen LogP contribution in [-0.4, -0.2) is 64.9 Å². The molecule has 0 aliphatic carbocycles. The van der Waals surface area contributed by atoms with Gasteiger partial charge in [0, 0.05) is 0 Å². The van der Waals surface area contributed by atoms with E-state index in [1.165, 1.54) is 86.6 Å². The summed E-state index contributed by atoms with van der Waals surface area (Å²) in [7, 11) is 2.49. The Morgan fingerprint density at radius 1 is 0.919 bits per heavy atom. The Morgan fingerprint density at radius 3 is 2.35 bits per heavy atom. The van der Waals surface area contributed by atoms with Gasteiger partial charge in [0.25, 0.3) is 0 Å². The summed E-state index contributed by atoms with van der Waals surface area (Å²) in [4.78, 5) is 7.71. The van der Waals surface area contributed by atoms with E-state index >= 15 is 0 Å². The van der Waals surface area contributed by atoms with Gasteiger partial charge in [-0.2, -0.15) is 0 Å². The van der Waals surface area contributed by atoms with Gasteiger partial charge in [-0.3, -0.25) is 0 Å². The van der Waals surface area contributed by atoms with Gasteiger partial charge in [0.05, 0.1) is 0 Å². The molecule has 4 rings (SSSR count). The predicted octanol–water partition coefficient (Wildman–Crippen LogP) is 8.70. The molecule has 2 aromatic rings. The van der Waals surface area contributed by atoms with Gasteiger partial charge in [0.2, 0.25) is 0 Å². The molecule has 2 aliphatic rings. The number of benzene rings is 2. The van der Waals surface area contributed by atoms with Crippen molar-refractivity contribution in [2.24, 2.45) is 4.99 Å². The molecule has 2 aromatic carbocycles. The molecule has 0 aromatic heterocycles. The van der Waals surface area contributed by atoms with Crippen molar-refractivity contribution < 1.29 is 0 Å². The number of amidine groups is 1. The molecule has 37 heavy (non-hydrogen) atoms. The SMILES string of the molecule is CCCCC[CH2][Ge]1([CH2]CCCCC)[S]C(C)C[N]1CCN1CCN=C1C(C)c1cccc2ccccc12. The number of aliphatic imine (C=N–C) groups is 1. The molecule has 1 saturated heterocycles. The van der Waals surface area contributed by atoms with Crippen LogP contribution < -0.4 is 0 Å². The summed E-state index contributed by atoms with van der Waals surface area (Å²) in [6.45, 7) is 15.3. The fourth-order valence-electron chi connectivity index (χ4n) is 6.62. The van der Waals surface area contributed by atoms with E-state index in [9.17, 15) is 0 Å². The molecular weight excluding hydrogens is 531 g/mol. The number of hydrogen-bond donors (Lipinski definition) is 0. The van der Waals surface area contributed by atoms with Gasteiger partial charge in [-0.15, -0.1) is 0 Å². The van der Waals surface area contributed by atoms with Crippen molar-refractivity contribution in [3.8, 4) is 0 Å². The number of hydrogen-bond acceptors (Lipinski definition) is 4. The predicted molar refractivity (Wildman–Crippen MR) is 169 cm³/mol. The van der Waals surface area contributed by atoms with E-state index < -0.39 is 12.3 Å². The Kier molecular flexibility index (Phi) is 11.3. The summed E-state index contributed by atoms with van der Waals surface area (Å²) < 4.78 is 3.09. The summed E-state index contributed by atoms with van der Waals surface area (Å²) in [5, 5.41) is 6.64. The van der Waals surface area contributed by atoms with Gasteiger partial charge in [-0.05, 0) is 0 Å². The van der Waals surface area contributed by atoms with Crippen LogP contribution in [0.15, 0.2) is 47.5 Å². The number of rotatable bonds is 15. The average molecular weight is 582 g/mol. The third-order valence-corrected chi connectivity index (χ3v) is 26.4. The van der Waals surface area contributed by atoms with Gasteiger partial charge in [0.1, 0.15) is 0 Å². The first kappa shape index (κ1) is 29.0. The van der Waals surface area contributed by atoms with Crippen LogP contribution in [0.3, 0.4) is 0 Å². The summed E-state index contributed by atoms with van der Waals surface area (Å²) in [6, 6.07) is 15.6. The third kappa shape index (κ3) is 7.36. The molecule has 2 atom stereocenters. The number of fused-ring (bicyclic) bond motifs is 1. The van der Waals surface area contributed by atoms with E-state index in [0.29, 0.717) is 5.92 Å². The van der Waals surface area contributed by atoms with E-state index in [1.54, 1.807) is 10.5 Å². The van der Waals surface area contributed by atoms with Crippen LogP contribution in [0.4, 0.5) is 0 Å². The quantitative estimate of drug-likeness (QED) is 0.155. The molecule has 2 unspecified atom stereocenters. The van der Waals surface area contributed by atoms with Crippen LogP contribution in [0.5, 0.6) is 0 Å². The van der Waals surface area contributed by atoms with E-state index in [0.717, 1.165) is 24.9 Å². The zero-order valence-electron chi connectivity index (χ0n) is 24.1. The van der Waals surface area contributed by atoms with Crippen LogP contribution >= 0.6 is 10.1 Å². The maximum atomic E-state index is 5.07. The second-order valence-corrected chi connectivity index (χ2v) is 25.3. The van der Waals surface area contributed by atoms with Crippen molar-refractivity contribution >= 4 is 39.0 Å². The molecule has 5 heteroatoms.